The van der Waals surface area contributed by atoms with Gasteiger partial charge in [-0.05, 0) is 44.9 Å². The average Bonchev–Trinajstić information content (AvgIpc) is 2.45. The second kappa shape index (κ2) is 10.2. The molecule has 1 rings (SSSR count). The molecule has 0 spiro atoms. The van der Waals surface area contributed by atoms with Crippen molar-refractivity contribution in [1.29, 1.82) is 0 Å². The van der Waals surface area contributed by atoms with Gasteiger partial charge in [-0.3, -0.25) is 4.99 Å². The Hall–Kier alpha value is -0.780. The number of nitrogens with zero attached hydrogens (tertiary/aromatic N) is 1. The first kappa shape index (κ1) is 20.3. The molecule has 1 fully saturated rings. The first-order valence-electron chi connectivity index (χ1n) is 9.02. The van der Waals surface area contributed by atoms with E-state index in [-0.39, 0.29) is 11.8 Å². The van der Waals surface area contributed by atoms with Crippen LogP contribution >= 0.6 is 0 Å². The summed E-state index contributed by atoms with van der Waals surface area (Å²) in [6.07, 6.45) is 8.45. The van der Waals surface area contributed by atoms with Crippen LogP contribution in [0.25, 0.3) is 0 Å². The Labute approximate surface area is 142 Å². The van der Waals surface area contributed by atoms with Crippen LogP contribution in [0.3, 0.4) is 0 Å². The molecule has 3 atom stereocenters. The molecule has 0 aromatic carbocycles. The molecule has 0 aliphatic heterocycles. The van der Waals surface area contributed by atoms with Crippen molar-refractivity contribution in [2.45, 2.75) is 65.3 Å². The van der Waals surface area contributed by atoms with Crippen LogP contribution in [0.15, 0.2) is 4.99 Å². The fraction of sp³-hybridized carbons (Fsp3) is 0.941. The van der Waals surface area contributed by atoms with E-state index in [0.717, 1.165) is 37.3 Å². The summed E-state index contributed by atoms with van der Waals surface area (Å²) in [7, 11) is -2.90. The standard InChI is InChI=1S/C17H35N3O2S/c1-5-18-17(20-15(3)10-12-23(4,21)22)19-11-9-16-8-6-7-14(2)13-16/h14-16H,5-13H2,1-4H3,(H2,18,19,20). The van der Waals surface area contributed by atoms with Crippen molar-refractivity contribution < 1.29 is 8.42 Å². The van der Waals surface area contributed by atoms with Gasteiger partial charge in [0, 0.05) is 25.4 Å². The molecule has 5 nitrogen and oxygen atoms in total. The quantitative estimate of drug-likeness (QED) is 0.524. The molecule has 6 heteroatoms. The smallest absolute Gasteiger partial charge is 0.191 e. The minimum atomic E-state index is -2.90. The van der Waals surface area contributed by atoms with Crippen molar-refractivity contribution >= 4 is 15.8 Å². The second-order valence-corrected chi connectivity index (χ2v) is 9.41. The number of guanidine groups is 1. The molecule has 1 aliphatic rings. The third-order valence-electron chi connectivity index (χ3n) is 4.50. The summed E-state index contributed by atoms with van der Waals surface area (Å²) in [6, 6.07) is 0.0947. The summed E-state index contributed by atoms with van der Waals surface area (Å²) >= 11 is 0. The predicted molar refractivity (Wildman–Crippen MR) is 98.6 cm³/mol. The molecule has 1 saturated carbocycles. The Kier molecular flexibility index (Phi) is 8.95. The zero-order chi connectivity index (χ0) is 17.3. The van der Waals surface area contributed by atoms with Crippen LogP contribution in [-0.4, -0.2) is 45.5 Å². The topological polar surface area (TPSA) is 70.6 Å². The first-order chi connectivity index (χ1) is 10.8. The zero-order valence-corrected chi connectivity index (χ0v) is 16.1. The molecule has 1 aliphatic carbocycles. The molecule has 0 amide bonds. The fourth-order valence-corrected chi connectivity index (χ4v) is 3.98. The Balaban J connectivity index is 2.39. The van der Waals surface area contributed by atoms with E-state index in [1.54, 1.807) is 0 Å². The maximum Gasteiger partial charge on any atom is 0.191 e. The van der Waals surface area contributed by atoms with Gasteiger partial charge in [0.15, 0.2) is 5.96 Å². The van der Waals surface area contributed by atoms with Crippen LogP contribution < -0.4 is 10.6 Å². The van der Waals surface area contributed by atoms with Crippen molar-refractivity contribution in [3.8, 4) is 0 Å². The highest BCUT2D eigenvalue weighted by molar-refractivity contribution is 7.90. The summed E-state index contributed by atoms with van der Waals surface area (Å²) in [5, 5.41) is 6.56. The Morgan fingerprint density at radius 2 is 2.09 bits per heavy atom. The molecule has 136 valence electrons. The van der Waals surface area contributed by atoms with Crippen molar-refractivity contribution in [3.05, 3.63) is 0 Å². The number of rotatable bonds is 8. The molecular weight excluding hydrogens is 310 g/mol. The van der Waals surface area contributed by atoms with Crippen molar-refractivity contribution in [3.63, 3.8) is 0 Å². The predicted octanol–water partition coefficient (Wildman–Crippen LogP) is 2.58. The molecule has 0 saturated heterocycles. The van der Waals surface area contributed by atoms with E-state index in [2.05, 4.69) is 22.5 Å². The van der Waals surface area contributed by atoms with E-state index in [1.807, 2.05) is 13.8 Å². The largest absolute Gasteiger partial charge is 0.357 e. The van der Waals surface area contributed by atoms with Gasteiger partial charge in [0.1, 0.15) is 9.84 Å². The zero-order valence-electron chi connectivity index (χ0n) is 15.3. The van der Waals surface area contributed by atoms with Gasteiger partial charge in [-0.25, -0.2) is 8.42 Å². The minimum Gasteiger partial charge on any atom is -0.357 e. The highest BCUT2D eigenvalue weighted by Gasteiger charge is 2.18. The fourth-order valence-electron chi connectivity index (χ4n) is 3.20. The van der Waals surface area contributed by atoms with E-state index in [0.29, 0.717) is 6.42 Å². The summed E-state index contributed by atoms with van der Waals surface area (Å²) in [5.74, 6) is 2.69. The van der Waals surface area contributed by atoms with Gasteiger partial charge in [0.05, 0.1) is 5.75 Å². The van der Waals surface area contributed by atoms with Crippen LogP contribution in [0, 0.1) is 11.8 Å². The van der Waals surface area contributed by atoms with Crippen LogP contribution in [0.1, 0.15) is 59.3 Å². The number of nitrogens with one attached hydrogen (secondary N) is 2. The monoisotopic (exact) mass is 345 g/mol. The third kappa shape index (κ3) is 9.84. The minimum absolute atomic E-state index is 0.0947. The van der Waals surface area contributed by atoms with Crippen LogP contribution in [0.5, 0.6) is 0 Å². The summed E-state index contributed by atoms with van der Waals surface area (Å²) in [6.45, 7) is 8.04. The van der Waals surface area contributed by atoms with Crippen LogP contribution in [0.2, 0.25) is 0 Å². The Bertz CT molecular complexity index is 462. The average molecular weight is 346 g/mol. The van der Waals surface area contributed by atoms with E-state index in [4.69, 9.17) is 0 Å². The maximum atomic E-state index is 11.2. The molecule has 0 aromatic rings. The lowest BCUT2D eigenvalue weighted by atomic mass is 9.81. The Morgan fingerprint density at radius 1 is 1.35 bits per heavy atom. The van der Waals surface area contributed by atoms with Crippen molar-refractivity contribution in [2.24, 2.45) is 16.8 Å². The normalized spacial score (nSPS) is 24.3. The highest BCUT2D eigenvalue weighted by atomic mass is 32.2. The lowest BCUT2D eigenvalue weighted by Gasteiger charge is -2.26. The second-order valence-electron chi connectivity index (χ2n) is 7.15. The number of sulfone groups is 1. The number of hydrogen-bond donors (Lipinski definition) is 2. The van der Waals surface area contributed by atoms with Gasteiger partial charge in [-0.1, -0.05) is 26.2 Å². The van der Waals surface area contributed by atoms with Crippen LogP contribution in [-0.2, 0) is 9.84 Å². The van der Waals surface area contributed by atoms with Gasteiger partial charge < -0.3 is 10.6 Å². The van der Waals surface area contributed by atoms with Gasteiger partial charge >= 0.3 is 0 Å². The van der Waals surface area contributed by atoms with Crippen molar-refractivity contribution in [2.75, 3.05) is 25.1 Å². The molecule has 0 aromatic heterocycles. The molecule has 0 heterocycles. The molecule has 0 radical (unpaired) electrons. The van der Waals surface area contributed by atoms with Gasteiger partial charge in [0.2, 0.25) is 0 Å². The first-order valence-corrected chi connectivity index (χ1v) is 11.1. The van der Waals surface area contributed by atoms with Gasteiger partial charge in [-0.2, -0.15) is 0 Å². The van der Waals surface area contributed by atoms with E-state index < -0.39 is 9.84 Å². The molecule has 23 heavy (non-hydrogen) atoms. The number of aliphatic imine (C=N–C) groups is 1. The van der Waals surface area contributed by atoms with E-state index in [9.17, 15) is 8.42 Å². The Morgan fingerprint density at radius 3 is 2.70 bits per heavy atom. The molecular formula is C17H35N3O2S. The third-order valence-corrected chi connectivity index (χ3v) is 5.48. The summed E-state index contributed by atoms with van der Waals surface area (Å²) < 4.78 is 22.5. The van der Waals surface area contributed by atoms with Crippen LogP contribution in [0.4, 0.5) is 0 Å². The maximum absolute atomic E-state index is 11.2. The van der Waals surface area contributed by atoms with Gasteiger partial charge in [0.25, 0.3) is 0 Å². The van der Waals surface area contributed by atoms with Gasteiger partial charge in [-0.15, -0.1) is 0 Å². The number of hydrogen-bond acceptors (Lipinski definition) is 3. The van der Waals surface area contributed by atoms with E-state index >= 15 is 0 Å². The molecule has 2 N–H and O–H groups in total. The lowest BCUT2D eigenvalue weighted by molar-refractivity contribution is 0.272. The highest BCUT2D eigenvalue weighted by Crippen LogP contribution is 2.30. The van der Waals surface area contributed by atoms with E-state index in [1.165, 1.54) is 31.9 Å². The molecule has 0 bridgehead atoms. The lowest BCUT2D eigenvalue weighted by Crippen LogP contribution is -2.43. The SMILES string of the molecule is CCNC(=NCCC1CCCC(C)C1)NC(C)CCS(C)(=O)=O. The van der Waals surface area contributed by atoms with Crippen molar-refractivity contribution in [1.82, 2.24) is 10.6 Å². The summed E-state index contributed by atoms with van der Waals surface area (Å²) in [5.41, 5.74) is 0. The summed E-state index contributed by atoms with van der Waals surface area (Å²) in [4.78, 5) is 4.66. The molecule has 3 unspecified atom stereocenters.